The van der Waals surface area contributed by atoms with Gasteiger partial charge in [-0.15, -0.1) is 0 Å². The van der Waals surface area contributed by atoms with E-state index in [9.17, 15) is 10.5 Å². The molecule has 2 aliphatic rings. The van der Waals surface area contributed by atoms with Crippen LogP contribution in [0.5, 0.6) is 0 Å². The van der Waals surface area contributed by atoms with Crippen LogP contribution in [0.15, 0.2) is 157 Å². The molecule has 266 valence electrons. The molecule has 6 aromatic rings. The van der Waals surface area contributed by atoms with Crippen LogP contribution in [0.4, 0.5) is 28.4 Å². The van der Waals surface area contributed by atoms with Crippen LogP contribution in [0.25, 0.3) is 22.5 Å². The Morgan fingerprint density at radius 1 is 0.564 bits per heavy atom. The van der Waals surface area contributed by atoms with Gasteiger partial charge in [0.15, 0.2) is 11.4 Å². The van der Waals surface area contributed by atoms with Gasteiger partial charge < -0.3 is 9.80 Å². The molecule has 0 radical (unpaired) electrons. The fraction of sp³-hybridized carbons (Fsp3) is 0.143. The van der Waals surface area contributed by atoms with Crippen molar-refractivity contribution in [2.45, 2.75) is 45.4 Å². The fourth-order valence-corrected chi connectivity index (χ4v) is 8.35. The second-order valence-corrected chi connectivity index (χ2v) is 14.9. The van der Waals surface area contributed by atoms with Crippen LogP contribution < -0.4 is 9.80 Å². The Bertz CT molecular complexity index is 2600. The maximum atomic E-state index is 10.4. The van der Waals surface area contributed by atoms with E-state index < -0.39 is 0 Å². The highest BCUT2D eigenvalue weighted by atomic mass is 15.2. The van der Waals surface area contributed by atoms with Gasteiger partial charge in [-0.2, -0.15) is 10.5 Å². The molecule has 2 aliphatic heterocycles. The van der Waals surface area contributed by atoms with E-state index in [4.69, 9.17) is 9.97 Å². The molecule has 1 aromatic heterocycles. The number of para-hydroxylation sites is 3. The molecule has 5 aromatic carbocycles. The molecular weight excluding hydrogens is 673 g/mol. The zero-order chi connectivity index (χ0) is 38.5. The third kappa shape index (κ3) is 5.54. The molecule has 8 rings (SSSR count). The summed E-state index contributed by atoms with van der Waals surface area (Å²) in [5.41, 5.74) is 13.2. The van der Waals surface area contributed by atoms with Gasteiger partial charge in [-0.25, -0.2) is 9.97 Å². The summed E-state index contributed by atoms with van der Waals surface area (Å²) in [6.45, 7) is 15.2. The number of rotatable bonds is 6. The number of benzene rings is 5. The van der Waals surface area contributed by atoms with E-state index in [2.05, 4.69) is 135 Å². The Morgan fingerprint density at radius 3 is 1.38 bits per heavy atom. The van der Waals surface area contributed by atoms with Crippen LogP contribution in [0.3, 0.4) is 0 Å². The van der Waals surface area contributed by atoms with E-state index in [0.717, 1.165) is 39.7 Å². The van der Waals surface area contributed by atoms with Gasteiger partial charge in [0.2, 0.25) is 0 Å². The van der Waals surface area contributed by atoms with Gasteiger partial charge in [0.1, 0.15) is 23.5 Å². The molecular formula is C49H40N6. The third-order valence-electron chi connectivity index (χ3n) is 11.1. The normalized spacial score (nSPS) is 15.1. The standard InChI is InChI=1S/C49H40N6/c1-7-15-42-36(8-2)48(3,4)37-16-9-12-19-43(37)54(42)34-26-22-32(23-27-34)46-40(30-50)53-47(41(31-51)52-46)33-24-28-35(29-25-33)55-44-20-13-10-17-38(44)49(5,6)39-18-11-14-21-45(39)55/h7-29H,2H2,1,3-6H3/b15-7-. The van der Waals surface area contributed by atoms with Crippen molar-refractivity contribution >= 4 is 28.4 Å². The lowest BCUT2D eigenvalue weighted by atomic mass is 9.73. The van der Waals surface area contributed by atoms with Crippen molar-refractivity contribution < 1.29 is 0 Å². The van der Waals surface area contributed by atoms with Gasteiger partial charge >= 0.3 is 0 Å². The summed E-state index contributed by atoms with van der Waals surface area (Å²) in [7, 11) is 0. The van der Waals surface area contributed by atoms with Crippen molar-refractivity contribution in [2.24, 2.45) is 0 Å². The van der Waals surface area contributed by atoms with E-state index >= 15 is 0 Å². The Hall–Kier alpha value is -7.02. The van der Waals surface area contributed by atoms with Gasteiger partial charge in [-0.05, 0) is 77.7 Å². The summed E-state index contributed by atoms with van der Waals surface area (Å²) < 4.78 is 0. The average molecular weight is 713 g/mol. The molecule has 0 bridgehead atoms. The van der Waals surface area contributed by atoms with Crippen molar-refractivity contribution in [2.75, 3.05) is 9.80 Å². The van der Waals surface area contributed by atoms with Gasteiger partial charge in [0, 0.05) is 39.0 Å². The summed E-state index contributed by atoms with van der Waals surface area (Å²) in [5.74, 6) is 0. The van der Waals surface area contributed by atoms with E-state index in [0.29, 0.717) is 22.5 Å². The smallest absolute Gasteiger partial charge is 0.167 e. The SMILES string of the molecule is C=CC1=C(/C=C\C)N(c2ccc(-c3nc(C#N)c(-c4ccc(N5c6ccccc6C(C)(C)c6ccccc65)cc4)nc3C#N)cc2)c2ccccc2C1(C)C. The fourth-order valence-electron chi connectivity index (χ4n) is 8.35. The van der Waals surface area contributed by atoms with Gasteiger partial charge in [0.05, 0.1) is 17.1 Å². The zero-order valence-electron chi connectivity index (χ0n) is 31.7. The minimum atomic E-state index is -0.238. The van der Waals surface area contributed by atoms with E-state index in [1.54, 1.807) is 0 Å². The van der Waals surface area contributed by atoms with Crippen molar-refractivity contribution in [3.05, 3.63) is 185 Å². The van der Waals surface area contributed by atoms with Crippen LogP contribution in [0, 0.1) is 22.7 Å². The lowest BCUT2D eigenvalue weighted by Gasteiger charge is -2.42. The predicted octanol–water partition coefficient (Wildman–Crippen LogP) is 12.1. The third-order valence-corrected chi connectivity index (χ3v) is 11.1. The monoisotopic (exact) mass is 712 g/mol. The predicted molar refractivity (Wildman–Crippen MR) is 223 cm³/mol. The number of hydrogen-bond donors (Lipinski definition) is 0. The van der Waals surface area contributed by atoms with Crippen molar-refractivity contribution in [1.29, 1.82) is 10.5 Å². The van der Waals surface area contributed by atoms with Crippen LogP contribution in [-0.2, 0) is 10.8 Å². The molecule has 0 aliphatic carbocycles. The largest absolute Gasteiger partial charge is 0.310 e. The first kappa shape index (κ1) is 35.0. The first-order valence-electron chi connectivity index (χ1n) is 18.5. The summed E-state index contributed by atoms with van der Waals surface area (Å²) in [6.07, 6.45) is 6.12. The van der Waals surface area contributed by atoms with Crippen LogP contribution in [0.2, 0.25) is 0 Å². The lowest BCUT2D eigenvalue weighted by Crippen LogP contribution is -2.33. The first-order valence-corrected chi connectivity index (χ1v) is 18.5. The van der Waals surface area contributed by atoms with Crippen LogP contribution >= 0.6 is 0 Å². The Labute approximate surface area is 323 Å². The highest BCUT2D eigenvalue weighted by Crippen LogP contribution is 2.52. The molecule has 0 saturated carbocycles. The Kier molecular flexibility index (Phi) is 8.56. The van der Waals surface area contributed by atoms with Crippen LogP contribution in [-0.4, -0.2) is 9.97 Å². The number of nitriles is 2. The number of nitrogens with zero attached hydrogens (tertiary/aromatic N) is 6. The number of allylic oxidation sites excluding steroid dienone is 4. The Balaban J connectivity index is 1.16. The lowest BCUT2D eigenvalue weighted by molar-refractivity contribution is 0.621. The van der Waals surface area contributed by atoms with E-state index in [-0.39, 0.29) is 22.2 Å². The molecule has 0 spiro atoms. The molecule has 0 unspecified atom stereocenters. The van der Waals surface area contributed by atoms with Gasteiger partial charge in [-0.1, -0.05) is 125 Å². The highest BCUT2D eigenvalue weighted by Gasteiger charge is 2.38. The molecule has 3 heterocycles. The summed E-state index contributed by atoms with van der Waals surface area (Å²) in [4.78, 5) is 14.0. The summed E-state index contributed by atoms with van der Waals surface area (Å²) in [6, 6.07) is 45.9. The summed E-state index contributed by atoms with van der Waals surface area (Å²) in [5, 5.41) is 20.7. The van der Waals surface area contributed by atoms with E-state index in [1.165, 1.54) is 16.7 Å². The molecule has 6 nitrogen and oxygen atoms in total. The number of aromatic nitrogens is 2. The maximum Gasteiger partial charge on any atom is 0.167 e. The number of fused-ring (bicyclic) bond motifs is 3. The molecule has 55 heavy (non-hydrogen) atoms. The number of anilines is 5. The molecule has 0 saturated heterocycles. The van der Waals surface area contributed by atoms with Crippen molar-refractivity contribution in [1.82, 2.24) is 9.97 Å². The molecule has 0 atom stereocenters. The second-order valence-electron chi connectivity index (χ2n) is 14.9. The number of hydrogen-bond acceptors (Lipinski definition) is 6. The zero-order valence-corrected chi connectivity index (χ0v) is 31.7. The molecule has 6 heteroatoms. The van der Waals surface area contributed by atoms with Crippen molar-refractivity contribution in [3.63, 3.8) is 0 Å². The van der Waals surface area contributed by atoms with Gasteiger partial charge in [-0.3, -0.25) is 0 Å². The first-order chi connectivity index (χ1) is 26.6. The van der Waals surface area contributed by atoms with E-state index in [1.807, 2.05) is 67.6 Å². The minimum absolute atomic E-state index is 0.153. The summed E-state index contributed by atoms with van der Waals surface area (Å²) >= 11 is 0. The second kappa shape index (κ2) is 13.4. The van der Waals surface area contributed by atoms with Crippen LogP contribution in [0.1, 0.15) is 62.7 Å². The maximum absolute atomic E-state index is 10.4. The minimum Gasteiger partial charge on any atom is -0.310 e. The topological polar surface area (TPSA) is 79.8 Å². The van der Waals surface area contributed by atoms with Crippen molar-refractivity contribution in [3.8, 4) is 34.7 Å². The Morgan fingerprint density at radius 2 is 0.964 bits per heavy atom. The van der Waals surface area contributed by atoms with Gasteiger partial charge in [0.25, 0.3) is 0 Å². The molecule has 0 amide bonds. The average Bonchev–Trinajstić information content (AvgIpc) is 3.21. The highest BCUT2D eigenvalue weighted by molar-refractivity contribution is 5.87. The quantitative estimate of drug-likeness (QED) is 0.171. The molecule has 0 N–H and O–H groups in total. The molecule has 0 fully saturated rings.